The van der Waals surface area contributed by atoms with E-state index in [9.17, 15) is 18.1 Å². The number of halogens is 3. The third-order valence-electron chi connectivity index (χ3n) is 1.70. The number of H-pyrrole nitrogens is 1. The average molecular weight is 207 g/mol. The lowest BCUT2D eigenvalue weighted by Gasteiger charge is -2.03. The van der Waals surface area contributed by atoms with E-state index in [0.29, 0.717) is 0 Å². The maximum Gasteiger partial charge on any atom is 0.437 e. The summed E-state index contributed by atoms with van der Waals surface area (Å²) in [6, 6.07) is 0. The van der Waals surface area contributed by atoms with Gasteiger partial charge < -0.3 is 0 Å². The Morgan fingerprint density at radius 3 is 2.36 bits per heavy atom. The first-order chi connectivity index (χ1) is 6.38. The van der Waals surface area contributed by atoms with Gasteiger partial charge in [0.15, 0.2) is 11.4 Å². The first-order valence-corrected chi connectivity index (χ1v) is 3.86. The van der Waals surface area contributed by atoms with Crippen LogP contribution in [0.5, 0.6) is 0 Å². The SMILES string of the molecule is CC(C)c1[nH]nc(C(F)(F)F)c1N=O. The third kappa shape index (κ3) is 1.75. The molecule has 0 aliphatic carbocycles. The second-order valence-corrected chi connectivity index (χ2v) is 3.08. The predicted octanol–water partition coefficient (Wildman–Crippen LogP) is 2.95. The molecule has 7 heteroatoms. The lowest BCUT2D eigenvalue weighted by Crippen LogP contribution is -2.05. The minimum atomic E-state index is -4.65. The standard InChI is InChI=1S/C7H8F3N3O/c1-3(2)4-5(13-14)6(12-11-4)7(8,9)10/h3H,1-2H3,(H,11,12). The minimum absolute atomic E-state index is 0.104. The zero-order valence-corrected chi connectivity index (χ0v) is 7.51. The fourth-order valence-electron chi connectivity index (χ4n) is 1.04. The molecule has 14 heavy (non-hydrogen) atoms. The van der Waals surface area contributed by atoms with E-state index in [1.165, 1.54) is 0 Å². The summed E-state index contributed by atoms with van der Waals surface area (Å²) >= 11 is 0. The van der Waals surface area contributed by atoms with Gasteiger partial charge in [-0.15, -0.1) is 4.91 Å². The highest BCUT2D eigenvalue weighted by molar-refractivity contribution is 5.49. The molecule has 0 aliphatic heterocycles. The molecule has 0 fully saturated rings. The Labute approximate surface area is 77.5 Å². The lowest BCUT2D eigenvalue weighted by atomic mass is 10.1. The van der Waals surface area contributed by atoms with E-state index >= 15 is 0 Å². The normalized spacial score (nSPS) is 12.1. The molecule has 1 N–H and O–H groups in total. The molecule has 0 amide bonds. The van der Waals surface area contributed by atoms with Crippen molar-refractivity contribution in [3.05, 3.63) is 16.3 Å². The van der Waals surface area contributed by atoms with Crippen molar-refractivity contribution in [2.75, 3.05) is 0 Å². The van der Waals surface area contributed by atoms with Gasteiger partial charge in [0, 0.05) is 0 Å². The number of rotatable bonds is 2. The average Bonchev–Trinajstić information content (AvgIpc) is 2.45. The van der Waals surface area contributed by atoms with Crippen LogP contribution in [0.4, 0.5) is 18.9 Å². The molecule has 0 unspecified atom stereocenters. The fraction of sp³-hybridized carbons (Fsp3) is 0.571. The van der Waals surface area contributed by atoms with Crippen molar-refractivity contribution in [2.24, 2.45) is 5.18 Å². The van der Waals surface area contributed by atoms with Crippen molar-refractivity contribution < 1.29 is 13.2 Å². The van der Waals surface area contributed by atoms with Crippen LogP contribution in [0.2, 0.25) is 0 Å². The minimum Gasteiger partial charge on any atom is -0.279 e. The second kappa shape index (κ2) is 3.39. The number of aromatic amines is 1. The summed E-state index contributed by atoms with van der Waals surface area (Å²) in [5.74, 6) is -0.258. The highest BCUT2D eigenvalue weighted by Gasteiger charge is 2.39. The Morgan fingerprint density at radius 2 is 2.00 bits per heavy atom. The van der Waals surface area contributed by atoms with Crippen LogP contribution in [-0.4, -0.2) is 10.2 Å². The summed E-state index contributed by atoms with van der Waals surface area (Å²) in [6.45, 7) is 3.28. The maximum absolute atomic E-state index is 12.2. The summed E-state index contributed by atoms with van der Waals surface area (Å²) in [6.07, 6.45) is -4.65. The molecular weight excluding hydrogens is 199 g/mol. The predicted molar refractivity (Wildman–Crippen MR) is 43.1 cm³/mol. The molecule has 0 spiro atoms. The van der Waals surface area contributed by atoms with Crippen LogP contribution in [0.1, 0.15) is 31.2 Å². The number of alkyl halides is 3. The van der Waals surface area contributed by atoms with Gasteiger partial charge in [-0.25, -0.2) is 0 Å². The van der Waals surface area contributed by atoms with Crippen LogP contribution in [0.15, 0.2) is 5.18 Å². The summed E-state index contributed by atoms with van der Waals surface area (Å²) in [5.41, 5.74) is -1.80. The van der Waals surface area contributed by atoms with E-state index in [1.807, 2.05) is 0 Å². The van der Waals surface area contributed by atoms with Crippen LogP contribution in [0.25, 0.3) is 0 Å². The summed E-state index contributed by atoms with van der Waals surface area (Å²) in [7, 11) is 0. The van der Waals surface area contributed by atoms with E-state index in [2.05, 4.69) is 15.4 Å². The Bertz CT molecular complexity index is 342. The molecule has 1 heterocycles. The van der Waals surface area contributed by atoms with Gasteiger partial charge in [0.05, 0.1) is 5.69 Å². The zero-order valence-electron chi connectivity index (χ0n) is 7.51. The van der Waals surface area contributed by atoms with Gasteiger partial charge in [0.2, 0.25) is 0 Å². The Morgan fingerprint density at radius 1 is 1.43 bits per heavy atom. The van der Waals surface area contributed by atoms with Crippen molar-refractivity contribution in [2.45, 2.75) is 25.9 Å². The van der Waals surface area contributed by atoms with Gasteiger partial charge in [0.25, 0.3) is 0 Å². The molecule has 4 nitrogen and oxygen atoms in total. The first kappa shape index (κ1) is 10.7. The van der Waals surface area contributed by atoms with E-state index in [4.69, 9.17) is 0 Å². The summed E-state index contributed by atoms with van der Waals surface area (Å²) < 4.78 is 36.7. The van der Waals surface area contributed by atoms with Crippen LogP contribution >= 0.6 is 0 Å². The number of nitrogens with one attached hydrogen (secondary N) is 1. The number of aromatic nitrogens is 2. The fourth-order valence-corrected chi connectivity index (χ4v) is 1.04. The highest BCUT2D eigenvalue weighted by Crippen LogP contribution is 2.38. The van der Waals surface area contributed by atoms with Gasteiger partial charge >= 0.3 is 6.18 Å². The van der Waals surface area contributed by atoms with Gasteiger partial charge in [-0.3, -0.25) is 5.10 Å². The van der Waals surface area contributed by atoms with Crippen molar-refractivity contribution >= 4 is 5.69 Å². The molecule has 0 aromatic carbocycles. The molecular formula is C7H8F3N3O. The molecule has 1 aromatic rings. The molecule has 0 bridgehead atoms. The number of nitroso groups, excluding NO2 is 1. The Hall–Kier alpha value is -1.40. The van der Waals surface area contributed by atoms with Crippen LogP contribution in [0.3, 0.4) is 0 Å². The molecule has 1 rings (SSSR count). The number of hydrogen-bond donors (Lipinski definition) is 1. The molecule has 0 saturated heterocycles. The van der Waals surface area contributed by atoms with Crippen LogP contribution < -0.4 is 0 Å². The van der Waals surface area contributed by atoms with Gasteiger partial charge in [0.1, 0.15) is 0 Å². The van der Waals surface area contributed by atoms with E-state index < -0.39 is 17.6 Å². The van der Waals surface area contributed by atoms with Crippen molar-refractivity contribution in [3.63, 3.8) is 0 Å². The summed E-state index contributed by atoms with van der Waals surface area (Å²) in [4.78, 5) is 10.3. The molecule has 0 radical (unpaired) electrons. The van der Waals surface area contributed by atoms with Crippen molar-refractivity contribution in [1.82, 2.24) is 10.2 Å². The zero-order chi connectivity index (χ0) is 10.9. The third-order valence-corrected chi connectivity index (χ3v) is 1.70. The molecule has 0 atom stereocenters. The molecule has 0 saturated carbocycles. The Balaban J connectivity index is 3.28. The van der Waals surface area contributed by atoms with Crippen LogP contribution in [-0.2, 0) is 6.18 Å². The van der Waals surface area contributed by atoms with Gasteiger partial charge in [-0.1, -0.05) is 13.8 Å². The van der Waals surface area contributed by atoms with E-state index in [1.54, 1.807) is 13.8 Å². The first-order valence-electron chi connectivity index (χ1n) is 3.86. The highest BCUT2D eigenvalue weighted by atomic mass is 19.4. The second-order valence-electron chi connectivity index (χ2n) is 3.08. The Kier molecular flexibility index (Phi) is 2.59. The molecule has 0 aliphatic rings. The van der Waals surface area contributed by atoms with Gasteiger partial charge in [-0.05, 0) is 11.1 Å². The summed E-state index contributed by atoms with van der Waals surface area (Å²) in [5, 5.41) is 7.56. The van der Waals surface area contributed by atoms with E-state index in [-0.39, 0.29) is 11.6 Å². The quantitative estimate of drug-likeness (QED) is 0.758. The van der Waals surface area contributed by atoms with E-state index in [0.717, 1.165) is 0 Å². The maximum atomic E-state index is 12.2. The monoisotopic (exact) mass is 207 g/mol. The van der Waals surface area contributed by atoms with Gasteiger partial charge in [-0.2, -0.15) is 18.3 Å². The smallest absolute Gasteiger partial charge is 0.279 e. The topological polar surface area (TPSA) is 58.1 Å². The molecule has 78 valence electrons. The largest absolute Gasteiger partial charge is 0.437 e. The van der Waals surface area contributed by atoms with Crippen molar-refractivity contribution in [1.29, 1.82) is 0 Å². The lowest BCUT2D eigenvalue weighted by molar-refractivity contribution is -0.140. The molecule has 1 aromatic heterocycles. The number of hydrogen-bond acceptors (Lipinski definition) is 3. The number of nitrogens with zero attached hydrogens (tertiary/aromatic N) is 2. The van der Waals surface area contributed by atoms with Crippen molar-refractivity contribution in [3.8, 4) is 0 Å². The van der Waals surface area contributed by atoms with Crippen LogP contribution in [0, 0.1) is 4.91 Å².